The zero-order valence-electron chi connectivity index (χ0n) is 25.9. The van der Waals surface area contributed by atoms with Crippen LogP contribution in [0.15, 0.2) is 77.8 Å². The van der Waals surface area contributed by atoms with Crippen LogP contribution in [0, 0.1) is 0 Å². The molecule has 238 valence electrons. The summed E-state index contributed by atoms with van der Waals surface area (Å²) in [4.78, 5) is 39.5. The minimum Gasteiger partial charge on any atom is -0.478 e. The number of rotatable bonds is 7. The number of amides is 1. The van der Waals surface area contributed by atoms with Crippen LogP contribution in [0.3, 0.4) is 0 Å². The Morgan fingerprint density at radius 2 is 1.61 bits per heavy atom. The van der Waals surface area contributed by atoms with Crippen LogP contribution in [0.1, 0.15) is 59.0 Å². The molecular formula is C32H33N7O6S. The molecule has 0 aliphatic rings. The molecular weight excluding hydrogens is 610 g/mol. The fourth-order valence-corrected chi connectivity index (χ4v) is 4.98. The summed E-state index contributed by atoms with van der Waals surface area (Å²) in [5.41, 5.74) is 3.31. The van der Waals surface area contributed by atoms with Gasteiger partial charge in [0.25, 0.3) is 5.91 Å². The van der Waals surface area contributed by atoms with Gasteiger partial charge in [-0.15, -0.1) is 10.2 Å². The van der Waals surface area contributed by atoms with Crippen molar-refractivity contribution in [1.29, 1.82) is 0 Å². The average Bonchev–Trinajstić information content (AvgIpc) is 3.71. The number of nitrogens with one attached hydrogen (secondary N) is 1. The molecule has 2 aromatic heterocycles. The summed E-state index contributed by atoms with van der Waals surface area (Å²) in [6, 6.07) is 21.9. The highest BCUT2D eigenvalue weighted by Gasteiger charge is 2.17. The van der Waals surface area contributed by atoms with Crippen LogP contribution in [0.4, 0.5) is 4.79 Å². The molecule has 0 saturated carbocycles. The van der Waals surface area contributed by atoms with E-state index < -0.39 is 23.6 Å². The van der Waals surface area contributed by atoms with E-state index in [1.807, 2.05) is 55.5 Å². The number of carbonyl (C=O) groups excluding carboxylic acids is 2. The summed E-state index contributed by atoms with van der Waals surface area (Å²) in [5.74, 6) is -1.27. The number of nitrogens with zero attached hydrogens (tertiary/aromatic N) is 6. The number of hydrogen-bond donors (Lipinski definition) is 2. The fraction of sp³-hybridized carbons (Fsp3) is 0.250. The predicted molar refractivity (Wildman–Crippen MR) is 170 cm³/mol. The zero-order chi connectivity index (χ0) is 33.3. The highest BCUT2D eigenvalue weighted by molar-refractivity contribution is 7.08. The molecule has 0 bridgehead atoms. The normalized spacial score (nSPS) is 11.4. The third-order valence-corrected chi connectivity index (χ3v) is 7.31. The smallest absolute Gasteiger partial charge is 0.478 e. The van der Waals surface area contributed by atoms with Gasteiger partial charge in [-0.3, -0.25) is 4.79 Å². The second kappa shape index (κ2) is 15.0. The van der Waals surface area contributed by atoms with Crippen molar-refractivity contribution in [2.75, 3.05) is 7.11 Å². The van der Waals surface area contributed by atoms with Gasteiger partial charge in [-0.05, 0) is 61.2 Å². The predicted octanol–water partition coefficient (Wildman–Crippen LogP) is 5.41. The summed E-state index contributed by atoms with van der Waals surface area (Å²) >= 11 is 1.31. The number of carboxylic acid groups (broad SMARTS) is 1. The quantitative estimate of drug-likeness (QED) is 0.218. The Labute approximate surface area is 268 Å². The first-order valence-corrected chi connectivity index (χ1v) is 15.0. The third kappa shape index (κ3) is 8.79. The third-order valence-electron chi connectivity index (χ3n) is 6.22. The maximum atomic E-state index is 12.9. The number of aromatic amines is 1. The molecule has 1 amide bonds. The van der Waals surface area contributed by atoms with E-state index in [0.717, 1.165) is 27.3 Å². The molecule has 5 rings (SSSR count). The maximum Gasteiger partial charge on any atom is 0.508 e. The van der Waals surface area contributed by atoms with Crippen molar-refractivity contribution < 1.29 is 29.0 Å². The Kier molecular flexibility index (Phi) is 10.9. The molecule has 0 saturated heterocycles. The van der Waals surface area contributed by atoms with Gasteiger partial charge in [-0.1, -0.05) is 78.9 Å². The first kappa shape index (κ1) is 33.4. The van der Waals surface area contributed by atoms with E-state index in [4.69, 9.17) is 4.74 Å². The van der Waals surface area contributed by atoms with E-state index in [2.05, 4.69) is 35.5 Å². The molecule has 3 aromatic carbocycles. The Hall–Kier alpha value is -5.50. The zero-order valence-corrected chi connectivity index (χ0v) is 26.7. The van der Waals surface area contributed by atoms with Gasteiger partial charge in [0.05, 0.1) is 24.8 Å². The second-order valence-electron chi connectivity index (χ2n) is 10.7. The number of tetrazole rings is 1. The Morgan fingerprint density at radius 3 is 2.17 bits per heavy atom. The largest absolute Gasteiger partial charge is 0.508 e. The SMILES string of the molecule is CCc1nn(Cc2ccc(-c3ccccc3-c3nn[nH]n3)cc2)c(=NC(=O)c2ccccc2C(=O)O)s1.COC(=O)OC(C)(C)C. The van der Waals surface area contributed by atoms with E-state index in [9.17, 15) is 19.5 Å². The minimum absolute atomic E-state index is 0.0395. The van der Waals surface area contributed by atoms with Crippen LogP contribution in [0.5, 0.6) is 0 Å². The summed E-state index contributed by atoms with van der Waals surface area (Å²) in [6.07, 6.45) is 0.0498. The lowest BCUT2D eigenvalue weighted by Crippen LogP contribution is -2.23. The Morgan fingerprint density at radius 1 is 0.957 bits per heavy atom. The number of carbonyl (C=O) groups is 3. The van der Waals surface area contributed by atoms with Crippen molar-refractivity contribution in [2.24, 2.45) is 4.99 Å². The van der Waals surface area contributed by atoms with Gasteiger partial charge in [0.2, 0.25) is 10.6 Å². The van der Waals surface area contributed by atoms with Gasteiger partial charge < -0.3 is 14.6 Å². The number of aromatic carboxylic acids is 1. The fourth-order valence-electron chi connectivity index (χ4n) is 4.15. The van der Waals surface area contributed by atoms with Crippen molar-refractivity contribution in [2.45, 2.75) is 46.3 Å². The summed E-state index contributed by atoms with van der Waals surface area (Å²) in [6.45, 7) is 7.72. The van der Waals surface area contributed by atoms with Crippen LogP contribution in [0.25, 0.3) is 22.5 Å². The number of hydrogen-bond acceptors (Lipinski definition) is 10. The molecule has 13 nitrogen and oxygen atoms in total. The second-order valence-corrected chi connectivity index (χ2v) is 11.7. The molecule has 5 aromatic rings. The van der Waals surface area contributed by atoms with Crippen molar-refractivity contribution in [3.63, 3.8) is 0 Å². The number of aromatic nitrogens is 6. The molecule has 0 fully saturated rings. The average molecular weight is 644 g/mol. The number of methoxy groups -OCH3 is 1. The lowest BCUT2D eigenvalue weighted by molar-refractivity contribution is 0.00338. The molecule has 2 N–H and O–H groups in total. The molecule has 0 aliphatic heterocycles. The van der Waals surface area contributed by atoms with Crippen LogP contribution in [-0.4, -0.2) is 66.3 Å². The van der Waals surface area contributed by atoms with E-state index in [0.29, 0.717) is 23.6 Å². The van der Waals surface area contributed by atoms with Crippen LogP contribution in [-0.2, 0) is 22.4 Å². The maximum absolute atomic E-state index is 12.9. The van der Waals surface area contributed by atoms with Crippen molar-refractivity contribution in [1.82, 2.24) is 30.4 Å². The number of aryl methyl sites for hydroxylation is 1. The van der Waals surface area contributed by atoms with E-state index in [-0.39, 0.29) is 11.1 Å². The van der Waals surface area contributed by atoms with E-state index in [1.54, 1.807) is 37.6 Å². The van der Waals surface area contributed by atoms with Crippen LogP contribution < -0.4 is 4.80 Å². The molecule has 46 heavy (non-hydrogen) atoms. The Balaban J connectivity index is 0.000000468. The van der Waals surface area contributed by atoms with Gasteiger partial charge in [0.15, 0.2) is 0 Å². The first-order valence-electron chi connectivity index (χ1n) is 14.2. The summed E-state index contributed by atoms with van der Waals surface area (Å²) in [7, 11) is 1.29. The van der Waals surface area contributed by atoms with Crippen molar-refractivity contribution >= 4 is 29.4 Å². The first-order chi connectivity index (χ1) is 22.0. The monoisotopic (exact) mass is 643 g/mol. The van der Waals surface area contributed by atoms with Gasteiger partial charge in [-0.25, -0.2) is 14.3 Å². The molecule has 2 heterocycles. The van der Waals surface area contributed by atoms with E-state index in [1.165, 1.54) is 30.6 Å². The number of ether oxygens (including phenoxy) is 2. The van der Waals surface area contributed by atoms with Crippen molar-refractivity contribution in [3.8, 4) is 22.5 Å². The molecule has 0 radical (unpaired) electrons. The molecule has 14 heteroatoms. The van der Waals surface area contributed by atoms with E-state index >= 15 is 0 Å². The van der Waals surface area contributed by atoms with Gasteiger partial charge in [-0.2, -0.15) is 15.3 Å². The van der Waals surface area contributed by atoms with Crippen LogP contribution >= 0.6 is 11.3 Å². The minimum atomic E-state index is -1.17. The standard InChI is InChI=1S/C26H21N7O3S.C6H12O3/c1-2-22-30-33(26(37-22)27-24(34)20-9-5-6-10-21(20)25(35)36)15-16-11-13-17(14-12-16)18-7-3-4-8-19(18)23-28-31-32-29-23;1-6(2,3)9-5(7)8-4/h3-14H,2,15H2,1H3,(H,35,36)(H,28,29,31,32);1-4H3. The summed E-state index contributed by atoms with van der Waals surface area (Å²) < 4.78 is 10.7. The van der Waals surface area contributed by atoms with Gasteiger partial charge in [0.1, 0.15) is 10.6 Å². The van der Waals surface area contributed by atoms with Crippen LogP contribution in [0.2, 0.25) is 0 Å². The number of carboxylic acids is 1. The Bertz CT molecular complexity index is 1870. The molecule has 0 aliphatic carbocycles. The number of benzene rings is 3. The highest BCUT2D eigenvalue weighted by atomic mass is 32.1. The van der Waals surface area contributed by atoms with Gasteiger partial charge in [0, 0.05) is 5.56 Å². The highest BCUT2D eigenvalue weighted by Crippen LogP contribution is 2.29. The lowest BCUT2D eigenvalue weighted by atomic mass is 9.98. The molecule has 0 unspecified atom stereocenters. The number of H-pyrrole nitrogens is 1. The lowest BCUT2D eigenvalue weighted by Gasteiger charge is -2.17. The van der Waals surface area contributed by atoms with Gasteiger partial charge >= 0.3 is 12.1 Å². The topological polar surface area (TPSA) is 175 Å². The molecule has 0 spiro atoms. The van der Waals surface area contributed by atoms with Crippen molar-refractivity contribution in [3.05, 3.63) is 99.3 Å². The summed E-state index contributed by atoms with van der Waals surface area (Å²) in [5, 5.41) is 29.2. The molecule has 0 atom stereocenters.